The average Bonchev–Trinajstić information content (AvgIpc) is 2.67. The van der Waals surface area contributed by atoms with E-state index in [2.05, 4.69) is 89.7 Å². The standard InChI is InChI=1S/C21H27N5/c1-16-14-25(13-11-22-16)19-8-9-21-23-20(10-12-26(21)15-19)17-4-6-18(7-5-17)24(2)3/h4-10,15-16,22H,11-14H2,1-3H3/t16-/m0/s1. The number of piperazine rings is 1. The molecule has 1 saturated heterocycles. The second-order valence-electron chi connectivity index (χ2n) is 7.34. The van der Waals surface area contributed by atoms with Gasteiger partial charge in [0, 0.05) is 63.8 Å². The number of rotatable bonds is 3. The molecule has 0 amide bonds. The first-order chi connectivity index (χ1) is 12.6. The first-order valence-corrected chi connectivity index (χ1v) is 9.31. The van der Waals surface area contributed by atoms with Crippen molar-refractivity contribution in [2.24, 2.45) is 4.99 Å². The van der Waals surface area contributed by atoms with Crippen LogP contribution in [0.5, 0.6) is 0 Å². The number of allylic oxidation sites excluding steroid dienone is 1. The van der Waals surface area contributed by atoms with Crippen molar-refractivity contribution in [3.05, 3.63) is 60.0 Å². The second kappa shape index (κ2) is 7.00. The van der Waals surface area contributed by atoms with Crippen LogP contribution in [-0.2, 0) is 0 Å². The van der Waals surface area contributed by atoms with Crippen molar-refractivity contribution >= 4 is 17.2 Å². The monoisotopic (exact) mass is 349 g/mol. The molecule has 0 bridgehead atoms. The van der Waals surface area contributed by atoms with Crippen molar-refractivity contribution in [2.75, 3.05) is 45.2 Å². The number of benzene rings is 1. The molecule has 0 spiro atoms. The molecule has 0 aliphatic carbocycles. The lowest BCUT2D eigenvalue weighted by Gasteiger charge is -2.37. The maximum Gasteiger partial charge on any atom is 0.133 e. The highest BCUT2D eigenvalue weighted by Gasteiger charge is 2.22. The average molecular weight is 349 g/mol. The predicted molar refractivity (Wildman–Crippen MR) is 109 cm³/mol. The number of hydrogen-bond acceptors (Lipinski definition) is 5. The van der Waals surface area contributed by atoms with Gasteiger partial charge in [-0.05, 0) is 37.3 Å². The molecular formula is C21H27N5. The number of fused-ring (bicyclic) bond motifs is 1. The van der Waals surface area contributed by atoms with Gasteiger partial charge in [-0.15, -0.1) is 0 Å². The molecule has 1 aromatic carbocycles. The van der Waals surface area contributed by atoms with Crippen LogP contribution in [0.2, 0.25) is 0 Å². The third-order valence-corrected chi connectivity index (χ3v) is 5.12. The number of nitrogens with one attached hydrogen (secondary N) is 1. The zero-order valence-corrected chi connectivity index (χ0v) is 15.8. The van der Waals surface area contributed by atoms with Crippen LogP contribution in [0, 0.1) is 0 Å². The Labute approximate surface area is 156 Å². The predicted octanol–water partition coefficient (Wildman–Crippen LogP) is 2.51. The van der Waals surface area contributed by atoms with Gasteiger partial charge in [0.2, 0.25) is 0 Å². The Morgan fingerprint density at radius 1 is 1.15 bits per heavy atom. The summed E-state index contributed by atoms with van der Waals surface area (Å²) in [5.41, 5.74) is 4.71. The molecule has 3 aliphatic heterocycles. The summed E-state index contributed by atoms with van der Waals surface area (Å²) in [5, 5.41) is 3.50. The molecule has 4 rings (SSSR count). The van der Waals surface area contributed by atoms with Crippen LogP contribution < -0.4 is 10.2 Å². The Hall–Kier alpha value is -2.53. The first kappa shape index (κ1) is 16.9. The Morgan fingerprint density at radius 2 is 1.96 bits per heavy atom. The van der Waals surface area contributed by atoms with Crippen LogP contribution in [0.4, 0.5) is 5.69 Å². The highest BCUT2D eigenvalue weighted by Crippen LogP contribution is 2.25. The van der Waals surface area contributed by atoms with Crippen molar-refractivity contribution in [1.29, 1.82) is 0 Å². The van der Waals surface area contributed by atoms with Crippen LogP contribution in [0.1, 0.15) is 12.5 Å². The molecule has 136 valence electrons. The number of nitrogens with zero attached hydrogens (tertiary/aromatic N) is 4. The van der Waals surface area contributed by atoms with Gasteiger partial charge in [0.1, 0.15) is 5.84 Å². The lowest BCUT2D eigenvalue weighted by Crippen LogP contribution is -2.49. The van der Waals surface area contributed by atoms with Crippen molar-refractivity contribution in [2.45, 2.75) is 13.0 Å². The second-order valence-corrected chi connectivity index (χ2v) is 7.34. The summed E-state index contributed by atoms with van der Waals surface area (Å²) in [5.74, 6) is 1.02. The third kappa shape index (κ3) is 3.40. The molecule has 0 aromatic heterocycles. The summed E-state index contributed by atoms with van der Waals surface area (Å²) >= 11 is 0. The fourth-order valence-electron chi connectivity index (χ4n) is 3.59. The van der Waals surface area contributed by atoms with E-state index in [0.717, 1.165) is 37.7 Å². The van der Waals surface area contributed by atoms with E-state index in [0.29, 0.717) is 6.04 Å². The van der Waals surface area contributed by atoms with E-state index in [1.54, 1.807) is 0 Å². The molecule has 5 heteroatoms. The van der Waals surface area contributed by atoms with Crippen LogP contribution in [0.25, 0.3) is 5.70 Å². The van der Waals surface area contributed by atoms with Crippen LogP contribution in [0.15, 0.2) is 59.4 Å². The number of aliphatic imine (C=N–C) groups is 1. The minimum Gasteiger partial charge on any atom is -0.378 e. The lowest BCUT2D eigenvalue weighted by atomic mass is 10.1. The summed E-state index contributed by atoms with van der Waals surface area (Å²) in [7, 11) is 4.12. The van der Waals surface area contributed by atoms with Gasteiger partial charge in [-0.2, -0.15) is 0 Å². The number of anilines is 1. The highest BCUT2D eigenvalue weighted by atomic mass is 15.2. The maximum atomic E-state index is 4.87. The van der Waals surface area contributed by atoms with Crippen molar-refractivity contribution in [3.63, 3.8) is 0 Å². The first-order valence-electron chi connectivity index (χ1n) is 9.31. The molecule has 5 nitrogen and oxygen atoms in total. The summed E-state index contributed by atoms with van der Waals surface area (Å²) in [6, 6.07) is 9.12. The Morgan fingerprint density at radius 3 is 2.69 bits per heavy atom. The van der Waals surface area contributed by atoms with Crippen LogP contribution >= 0.6 is 0 Å². The van der Waals surface area contributed by atoms with Gasteiger partial charge in [-0.1, -0.05) is 12.1 Å². The summed E-state index contributed by atoms with van der Waals surface area (Å²) in [6.45, 7) is 6.25. The normalized spacial score (nSPS) is 22.4. The molecule has 3 aliphatic rings. The zero-order valence-electron chi connectivity index (χ0n) is 15.8. The number of amidine groups is 1. The quantitative estimate of drug-likeness (QED) is 0.909. The van der Waals surface area contributed by atoms with Crippen molar-refractivity contribution < 1.29 is 0 Å². The molecule has 0 saturated carbocycles. The van der Waals surface area contributed by atoms with E-state index in [4.69, 9.17) is 4.99 Å². The lowest BCUT2D eigenvalue weighted by molar-refractivity contribution is 0.258. The van der Waals surface area contributed by atoms with E-state index < -0.39 is 0 Å². The Balaban J connectivity index is 1.49. The number of hydrogen-bond donors (Lipinski definition) is 1. The molecule has 0 unspecified atom stereocenters. The van der Waals surface area contributed by atoms with Gasteiger partial charge >= 0.3 is 0 Å². The SMILES string of the molecule is C[C@H]1CN(C2=CN3CC=C(c4ccc(N(C)C)cc4)N=C3C=C2)CCN1. The molecule has 3 heterocycles. The Bertz CT molecular complexity index is 785. The summed E-state index contributed by atoms with van der Waals surface area (Å²) in [4.78, 5) is 11.7. The van der Waals surface area contributed by atoms with E-state index in [9.17, 15) is 0 Å². The maximum absolute atomic E-state index is 4.87. The molecule has 0 radical (unpaired) electrons. The smallest absolute Gasteiger partial charge is 0.133 e. The van der Waals surface area contributed by atoms with Gasteiger partial charge < -0.3 is 20.0 Å². The summed E-state index contributed by atoms with van der Waals surface area (Å²) in [6.07, 6.45) is 8.79. The highest BCUT2D eigenvalue weighted by molar-refractivity contribution is 6.00. The Kier molecular flexibility index (Phi) is 4.55. The van der Waals surface area contributed by atoms with Gasteiger partial charge in [0.05, 0.1) is 11.4 Å². The van der Waals surface area contributed by atoms with E-state index >= 15 is 0 Å². The van der Waals surface area contributed by atoms with Gasteiger partial charge in [0.15, 0.2) is 0 Å². The van der Waals surface area contributed by atoms with Gasteiger partial charge in [-0.3, -0.25) is 0 Å². The third-order valence-electron chi connectivity index (χ3n) is 5.12. The largest absolute Gasteiger partial charge is 0.378 e. The van der Waals surface area contributed by atoms with E-state index in [1.807, 2.05) is 0 Å². The molecule has 1 aromatic rings. The van der Waals surface area contributed by atoms with Crippen molar-refractivity contribution in [1.82, 2.24) is 15.1 Å². The molecule has 26 heavy (non-hydrogen) atoms. The molecular weight excluding hydrogens is 322 g/mol. The van der Waals surface area contributed by atoms with Crippen molar-refractivity contribution in [3.8, 4) is 0 Å². The topological polar surface area (TPSA) is 34.1 Å². The fraction of sp³-hybridized carbons (Fsp3) is 0.381. The molecule has 1 atom stereocenters. The summed E-state index contributed by atoms with van der Waals surface area (Å²) < 4.78 is 0. The minimum atomic E-state index is 0.533. The van der Waals surface area contributed by atoms with Gasteiger partial charge in [0.25, 0.3) is 0 Å². The zero-order chi connectivity index (χ0) is 18.1. The van der Waals surface area contributed by atoms with Crippen LogP contribution in [-0.4, -0.2) is 62.0 Å². The van der Waals surface area contributed by atoms with Gasteiger partial charge in [-0.25, -0.2) is 4.99 Å². The van der Waals surface area contributed by atoms with Crippen LogP contribution in [0.3, 0.4) is 0 Å². The fourth-order valence-corrected chi connectivity index (χ4v) is 3.59. The minimum absolute atomic E-state index is 0.533. The van der Waals surface area contributed by atoms with E-state index in [-0.39, 0.29) is 0 Å². The molecule has 1 N–H and O–H groups in total. The molecule has 1 fully saturated rings. The van der Waals surface area contributed by atoms with E-state index in [1.165, 1.54) is 16.9 Å².